The first-order valence-electron chi connectivity index (χ1n) is 9.49. The molecule has 0 radical (unpaired) electrons. The van der Waals surface area contributed by atoms with Crippen LogP contribution in [0, 0.1) is 0 Å². The molecule has 7 nitrogen and oxygen atoms in total. The van der Waals surface area contributed by atoms with Gasteiger partial charge in [0.2, 0.25) is 0 Å². The molecule has 1 amide bonds. The number of hydrogen-bond donors (Lipinski definition) is 0. The number of carbonyl (C=O) groups is 1. The minimum absolute atomic E-state index is 0. The lowest BCUT2D eigenvalue weighted by molar-refractivity contribution is 0.0978. The van der Waals surface area contributed by atoms with Gasteiger partial charge in [0.1, 0.15) is 11.4 Å². The Balaban J connectivity index is 0.00000300. The van der Waals surface area contributed by atoms with Gasteiger partial charge in [0.05, 0.1) is 23.0 Å². The number of amides is 1. The summed E-state index contributed by atoms with van der Waals surface area (Å²) in [7, 11) is 0. The third-order valence-electron chi connectivity index (χ3n) is 4.45. The van der Waals surface area contributed by atoms with E-state index in [1.54, 1.807) is 11.1 Å². The molecule has 0 unspecified atom stereocenters. The average Bonchev–Trinajstić information content (AvgIpc) is 3.15. The fourth-order valence-electron chi connectivity index (χ4n) is 2.88. The maximum absolute atomic E-state index is 13.1. The first kappa shape index (κ1) is 23.0. The van der Waals surface area contributed by atoms with Crippen molar-refractivity contribution in [3.8, 4) is 5.75 Å². The van der Waals surface area contributed by atoms with E-state index in [9.17, 15) is 4.79 Å². The molecule has 0 N–H and O–H groups in total. The minimum Gasteiger partial charge on any atom is -0.494 e. The highest BCUT2D eigenvalue weighted by molar-refractivity contribution is 7.22. The Morgan fingerprint density at radius 2 is 1.93 bits per heavy atom. The largest absolute Gasteiger partial charge is 0.494 e. The molecule has 0 atom stereocenters. The lowest BCUT2D eigenvalue weighted by Crippen LogP contribution is -2.39. The average molecular weight is 436 g/mol. The molecule has 0 aliphatic heterocycles. The number of aromatic nitrogens is 3. The van der Waals surface area contributed by atoms with Crippen LogP contribution in [0.5, 0.6) is 5.75 Å². The van der Waals surface area contributed by atoms with Crippen molar-refractivity contribution in [3.63, 3.8) is 0 Å². The van der Waals surface area contributed by atoms with E-state index in [4.69, 9.17) is 9.72 Å². The lowest BCUT2D eigenvalue weighted by Gasteiger charge is -2.24. The molecule has 0 saturated carbocycles. The van der Waals surface area contributed by atoms with Gasteiger partial charge in [-0.15, -0.1) is 12.4 Å². The van der Waals surface area contributed by atoms with Crippen molar-refractivity contribution in [2.45, 2.75) is 20.8 Å². The molecule has 9 heteroatoms. The third kappa shape index (κ3) is 5.62. The molecule has 0 fully saturated rings. The van der Waals surface area contributed by atoms with Gasteiger partial charge in [-0.1, -0.05) is 25.2 Å². The summed E-state index contributed by atoms with van der Waals surface area (Å²) in [6.45, 7) is 9.96. The molecule has 2 aromatic heterocycles. The molecule has 0 aliphatic rings. The summed E-state index contributed by atoms with van der Waals surface area (Å²) >= 11 is 1.48. The maximum Gasteiger partial charge on any atom is 0.280 e. The molecule has 0 aliphatic carbocycles. The molecule has 0 bridgehead atoms. The second kappa shape index (κ2) is 11.0. The Bertz CT molecular complexity index is 918. The topological polar surface area (TPSA) is 71.5 Å². The zero-order valence-corrected chi connectivity index (χ0v) is 18.5. The van der Waals surface area contributed by atoms with E-state index in [1.165, 1.54) is 23.7 Å². The van der Waals surface area contributed by atoms with E-state index in [0.29, 0.717) is 24.0 Å². The van der Waals surface area contributed by atoms with Gasteiger partial charge < -0.3 is 9.64 Å². The number of thiazole rings is 1. The van der Waals surface area contributed by atoms with Crippen LogP contribution < -0.4 is 9.64 Å². The van der Waals surface area contributed by atoms with Crippen molar-refractivity contribution < 1.29 is 9.53 Å². The number of rotatable bonds is 9. The number of fused-ring (bicyclic) bond motifs is 1. The number of hydrogen-bond acceptors (Lipinski definition) is 7. The van der Waals surface area contributed by atoms with Gasteiger partial charge in [0.25, 0.3) is 5.91 Å². The molecule has 1 aromatic carbocycles. The number of likely N-dealkylation sites (N-methyl/N-ethyl adjacent to an activating group) is 1. The van der Waals surface area contributed by atoms with Gasteiger partial charge in [-0.3, -0.25) is 14.7 Å². The normalized spacial score (nSPS) is 10.8. The predicted molar refractivity (Wildman–Crippen MR) is 120 cm³/mol. The Kier molecular flexibility index (Phi) is 8.75. The Morgan fingerprint density at radius 1 is 1.14 bits per heavy atom. The molecule has 29 heavy (non-hydrogen) atoms. The van der Waals surface area contributed by atoms with E-state index in [-0.39, 0.29) is 18.3 Å². The number of anilines is 1. The summed E-state index contributed by atoms with van der Waals surface area (Å²) in [6, 6.07) is 5.80. The van der Waals surface area contributed by atoms with E-state index in [0.717, 1.165) is 35.6 Å². The summed E-state index contributed by atoms with van der Waals surface area (Å²) in [4.78, 5) is 30.0. The van der Waals surface area contributed by atoms with Crippen molar-refractivity contribution in [1.82, 2.24) is 19.9 Å². The molecule has 0 saturated heterocycles. The highest BCUT2D eigenvalue weighted by atomic mass is 35.5. The van der Waals surface area contributed by atoms with Gasteiger partial charge in [-0.25, -0.2) is 9.97 Å². The van der Waals surface area contributed by atoms with E-state index < -0.39 is 0 Å². The SMILES string of the molecule is CCOc1ccc2nc(N(CCN(CC)CC)C(=O)c3cnccn3)sc2c1.Cl. The zero-order valence-electron chi connectivity index (χ0n) is 16.9. The summed E-state index contributed by atoms with van der Waals surface area (Å²) < 4.78 is 6.57. The fraction of sp³-hybridized carbons (Fsp3) is 0.400. The quantitative estimate of drug-likeness (QED) is 0.507. The molecular formula is C20H26ClN5O2S. The van der Waals surface area contributed by atoms with Crippen LogP contribution in [0.25, 0.3) is 10.2 Å². The standard InChI is InChI=1S/C20H25N5O2S.ClH/c1-4-24(5-2)11-12-25(19(26)17-14-21-9-10-22-17)20-23-16-8-7-15(27-6-3)13-18(16)28-20;/h7-10,13-14H,4-6,11-12H2,1-3H3;1H. The van der Waals surface area contributed by atoms with Crippen molar-refractivity contribution in [2.75, 3.05) is 37.7 Å². The fourth-order valence-corrected chi connectivity index (χ4v) is 3.90. The van der Waals surface area contributed by atoms with Crippen LogP contribution in [0.4, 0.5) is 5.13 Å². The molecule has 156 valence electrons. The maximum atomic E-state index is 13.1. The second-order valence-corrected chi connectivity index (χ2v) is 7.14. The first-order chi connectivity index (χ1) is 13.7. The van der Waals surface area contributed by atoms with E-state index >= 15 is 0 Å². The van der Waals surface area contributed by atoms with Crippen molar-refractivity contribution in [3.05, 3.63) is 42.5 Å². The highest BCUT2D eigenvalue weighted by Gasteiger charge is 2.23. The van der Waals surface area contributed by atoms with Crippen molar-refractivity contribution in [2.24, 2.45) is 0 Å². The minimum atomic E-state index is -0.190. The Morgan fingerprint density at radius 3 is 2.59 bits per heavy atom. The predicted octanol–water partition coefficient (Wildman–Crippen LogP) is 3.90. The van der Waals surface area contributed by atoms with Crippen LogP contribution in [0.15, 0.2) is 36.8 Å². The van der Waals surface area contributed by atoms with Crippen LogP contribution in [0.2, 0.25) is 0 Å². The zero-order chi connectivity index (χ0) is 19.9. The summed E-state index contributed by atoms with van der Waals surface area (Å²) in [5.41, 5.74) is 1.17. The van der Waals surface area contributed by atoms with Gasteiger partial charge in [-0.2, -0.15) is 0 Å². The lowest BCUT2D eigenvalue weighted by atomic mass is 10.3. The smallest absolute Gasteiger partial charge is 0.280 e. The highest BCUT2D eigenvalue weighted by Crippen LogP contribution is 2.32. The number of carbonyl (C=O) groups excluding carboxylic acids is 1. The van der Waals surface area contributed by atoms with Crippen molar-refractivity contribution >= 4 is 45.0 Å². The number of nitrogens with zero attached hydrogens (tertiary/aromatic N) is 5. The molecule has 3 aromatic rings. The van der Waals surface area contributed by atoms with Crippen LogP contribution in [-0.2, 0) is 0 Å². The van der Waals surface area contributed by atoms with E-state index in [1.807, 2.05) is 25.1 Å². The second-order valence-electron chi connectivity index (χ2n) is 6.13. The third-order valence-corrected chi connectivity index (χ3v) is 5.49. The van der Waals surface area contributed by atoms with Crippen LogP contribution in [-0.4, -0.2) is 58.5 Å². The number of halogens is 1. The monoisotopic (exact) mass is 435 g/mol. The van der Waals surface area contributed by atoms with Gasteiger partial charge in [-0.05, 0) is 38.2 Å². The summed E-state index contributed by atoms with van der Waals surface area (Å²) in [5.74, 6) is 0.615. The summed E-state index contributed by atoms with van der Waals surface area (Å²) in [6.07, 6.45) is 4.58. The Labute approximate surface area is 181 Å². The molecule has 2 heterocycles. The Hall–Kier alpha value is -2.29. The molecule has 0 spiro atoms. The van der Waals surface area contributed by atoms with Gasteiger partial charge in [0, 0.05) is 25.5 Å². The number of benzene rings is 1. The van der Waals surface area contributed by atoms with Crippen molar-refractivity contribution in [1.29, 1.82) is 0 Å². The van der Waals surface area contributed by atoms with Crippen LogP contribution >= 0.6 is 23.7 Å². The van der Waals surface area contributed by atoms with Gasteiger partial charge in [0.15, 0.2) is 5.13 Å². The van der Waals surface area contributed by atoms with E-state index in [2.05, 4.69) is 28.7 Å². The van der Waals surface area contributed by atoms with Gasteiger partial charge >= 0.3 is 0 Å². The number of ether oxygens (including phenoxy) is 1. The summed E-state index contributed by atoms with van der Waals surface area (Å²) in [5, 5.41) is 0.659. The van der Waals surface area contributed by atoms with Crippen LogP contribution in [0.1, 0.15) is 31.3 Å². The first-order valence-corrected chi connectivity index (χ1v) is 10.3. The molecule has 3 rings (SSSR count). The van der Waals surface area contributed by atoms with Crippen LogP contribution in [0.3, 0.4) is 0 Å². The molecular weight excluding hydrogens is 410 g/mol.